The molecule has 0 spiro atoms. The molecule has 0 bridgehead atoms. The molecule has 6 rings (SSSR count). The van der Waals surface area contributed by atoms with Gasteiger partial charge in [-0.05, 0) is 152 Å². The third-order valence-corrected chi connectivity index (χ3v) is 15.1. The molecule has 6 aliphatic carbocycles. The summed E-state index contributed by atoms with van der Waals surface area (Å²) in [6.45, 7) is 1.19. The Morgan fingerprint density at radius 2 is 0.965 bits per heavy atom. The fraction of sp³-hybridized carbons (Fsp3) is 0.889. The van der Waals surface area contributed by atoms with Crippen molar-refractivity contribution in [3.63, 3.8) is 0 Å². The summed E-state index contributed by atoms with van der Waals surface area (Å²) >= 11 is 0. The molecule has 0 saturated heterocycles. The second-order valence-corrected chi connectivity index (χ2v) is 19.2. The molecule has 0 heterocycles. The van der Waals surface area contributed by atoms with Crippen molar-refractivity contribution < 1.29 is 48.5 Å². The summed E-state index contributed by atoms with van der Waals surface area (Å²) in [5.74, 6) is -3.25. The number of aliphatic carboxylic acids is 2. The lowest BCUT2D eigenvalue weighted by Crippen LogP contribution is -2.47. The molecular formula is C45H72N2O10. The van der Waals surface area contributed by atoms with Gasteiger partial charge >= 0.3 is 23.9 Å². The average Bonchev–Trinajstić information content (AvgIpc) is 3.23. The van der Waals surface area contributed by atoms with Crippen LogP contribution in [0.2, 0.25) is 0 Å². The van der Waals surface area contributed by atoms with E-state index in [1.807, 2.05) is 0 Å². The summed E-state index contributed by atoms with van der Waals surface area (Å²) in [6, 6.07) is 0.259. The van der Waals surface area contributed by atoms with Gasteiger partial charge in [-0.3, -0.25) is 24.0 Å². The molecular weight excluding hydrogens is 728 g/mol. The molecule has 6 fully saturated rings. The molecule has 0 aliphatic heterocycles. The summed E-state index contributed by atoms with van der Waals surface area (Å²) in [7, 11) is 0. The van der Waals surface area contributed by atoms with E-state index < -0.39 is 35.6 Å². The Hall–Kier alpha value is -2.73. The van der Waals surface area contributed by atoms with Gasteiger partial charge in [0.1, 0.15) is 0 Å². The first-order valence-corrected chi connectivity index (χ1v) is 23.1. The monoisotopic (exact) mass is 801 g/mol. The number of amides is 1. The van der Waals surface area contributed by atoms with Crippen LogP contribution in [0.1, 0.15) is 161 Å². The fourth-order valence-electron chi connectivity index (χ4n) is 11.4. The number of hydroxylamine groups is 1. The van der Waals surface area contributed by atoms with Crippen LogP contribution in [0.3, 0.4) is 0 Å². The van der Waals surface area contributed by atoms with Gasteiger partial charge in [0.15, 0.2) is 0 Å². The zero-order chi connectivity index (χ0) is 40.1. The van der Waals surface area contributed by atoms with Crippen molar-refractivity contribution in [3.8, 4) is 0 Å². The fourth-order valence-corrected chi connectivity index (χ4v) is 11.4. The first-order chi connectivity index (χ1) is 27.6. The molecule has 322 valence electrons. The van der Waals surface area contributed by atoms with Crippen molar-refractivity contribution in [3.05, 3.63) is 0 Å². The van der Waals surface area contributed by atoms with Crippen molar-refractivity contribution in [2.24, 2.45) is 59.2 Å². The normalized spacial score (nSPS) is 34.5. The van der Waals surface area contributed by atoms with Gasteiger partial charge in [0.2, 0.25) is 5.91 Å². The molecule has 4 N–H and O–H groups in total. The maximum absolute atomic E-state index is 13.5. The van der Waals surface area contributed by atoms with Gasteiger partial charge in [-0.1, -0.05) is 38.5 Å². The van der Waals surface area contributed by atoms with E-state index in [4.69, 9.17) is 14.3 Å². The molecule has 0 aromatic carbocycles. The lowest BCUT2D eigenvalue weighted by molar-refractivity contribution is -0.158. The first kappa shape index (κ1) is 43.8. The highest BCUT2D eigenvalue weighted by molar-refractivity contribution is 5.86. The van der Waals surface area contributed by atoms with Crippen molar-refractivity contribution >= 4 is 29.8 Å². The maximum Gasteiger partial charge on any atom is 0.308 e. The molecule has 12 nitrogen and oxygen atoms in total. The Kier molecular flexibility index (Phi) is 16.9. The van der Waals surface area contributed by atoms with Gasteiger partial charge in [0.25, 0.3) is 0 Å². The van der Waals surface area contributed by atoms with Crippen molar-refractivity contribution in [1.82, 2.24) is 10.8 Å². The van der Waals surface area contributed by atoms with Crippen LogP contribution in [-0.2, 0) is 38.3 Å². The SMILES string of the molecule is O=C(OCC1CCCCC1)C1CCC(C(=O)O)C(CONC2CCC(CC3CCC(NC(=O)C4CC(C(=O)OCC5CCCCC5)CCC4C(=O)O)CC3)CC2)C1. The van der Waals surface area contributed by atoms with E-state index in [9.17, 15) is 34.2 Å². The van der Waals surface area contributed by atoms with Crippen LogP contribution in [0, 0.1) is 59.2 Å². The summed E-state index contributed by atoms with van der Waals surface area (Å²) < 4.78 is 11.4. The van der Waals surface area contributed by atoms with E-state index >= 15 is 0 Å². The highest BCUT2D eigenvalue weighted by Gasteiger charge is 2.43. The number of hydrogen-bond acceptors (Lipinski definition) is 9. The molecule has 6 unspecified atom stereocenters. The van der Waals surface area contributed by atoms with Gasteiger partial charge in [-0.15, -0.1) is 0 Å². The predicted molar refractivity (Wildman–Crippen MR) is 212 cm³/mol. The van der Waals surface area contributed by atoms with Gasteiger partial charge in [-0.2, -0.15) is 5.48 Å². The van der Waals surface area contributed by atoms with E-state index in [0.717, 1.165) is 77.0 Å². The van der Waals surface area contributed by atoms with E-state index in [0.29, 0.717) is 69.0 Å². The van der Waals surface area contributed by atoms with E-state index in [1.54, 1.807) is 0 Å². The Labute approximate surface area is 340 Å². The van der Waals surface area contributed by atoms with Crippen LogP contribution < -0.4 is 10.8 Å². The molecule has 57 heavy (non-hydrogen) atoms. The smallest absolute Gasteiger partial charge is 0.308 e. The van der Waals surface area contributed by atoms with E-state index in [-0.39, 0.29) is 54.8 Å². The number of rotatable bonds is 16. The second-order valence-electron chi connectivity index (χ2n) is 19.2. The molecule has 0 aromatic heterocycles. The predicted octanol–water partition coefficient (Wildman–Crippen LogP) is 7.61. The number of carbonyl (C=O) groups excluding carboxylic acids is 3. The van der Waals surface area contributed by atoms with Gasteiger partial charge < -0.3 is 29.8 Å². The number of carboxylic acid groups (broad SMARTS) is 2. The number of esters is 2. The molecule has 6 saturated carbocycles. The number of hydrogen-bond donors (Lipinski definition) is 4. The third-order valence-electron chi connectivity index (χ3n) is 15.1. The quantitative estimate of drug-likeness (QED) is 0.0892. The summed E-state index contributed by atoms with van der Waals surface area (Å²) in [5, 5.41) is 23.0. The standard InChI is InChI=1S/C45H72N2O10/c48-41(40-25-34(16-22-39(40)43(51)52)45(54)56-27-32-9-5-2-6-10-32)46-36-17-11-29(12-18-36)23-30-13-19-37(20-14-30)47-57-28-35-24-33(15-21-38(35)42(49)50)44(53)55-26-31-7-3-1-4-8-31/h29-40,47H,1-28H2,(H,46,48)(H,49,50)(H,51,52). The number of ether oxygens (including phenoxy) is 2. The van der Waals surface area contributed by atoms with Gasteiger partial charge in [0.05, 0.1) is 49.4 Å². The summed E-state index contributed by atoms with van der Waals surface area (Å²) in [4.78, 5) is 69.5. The Bertz CT molecular complexity index is 1310. The Balaban J connectivity index is 0.859. The molecule has 6 aliphatic rings. The van der Waals surface area contributed by atoms with Crippen LogP contribution in [0.15, 0.2) is 0 Å². The molecule has 0 aromatic rings. The van der Waals surface area contributed by atoms with Crippen molar-refractivity contribution in [2.45, 2.75) is 173 Å². The number of carboxylic acids is 2. The van der Waals surface area contributed by atoms with Crippen LogP contribution >= 0.6 is 0 Å². The minimum absolute atomic E-state index is 0.0336. The minimum Gasteiger partial charge on any atom is -0.481 e. The van der Waals surface area contributed by atoms with Crippen LogP contribution in [-0.4, -0.2) is 71.9 Å². The Morgan fingerprint density at radius 1 is 0.474 bits per heavy atom. The maximum atomic E-state index is 13.5. The highest BCUT2D eigenvalue weighted by atomic mass is 16.6. The molecule has 12 heteroatoms. The minimum atomic E-state index is -0.961. The molecule has 6 atom stereocenters. The molecule has 1 amide bonds. The largest absolute Gasteiger partial charge is 0.481 e. The Morgan fingerprint density at radius 3 is 1.49 bits per heavy atom. The van der Waals surface area contributed by atoms with Crippen molar-refractivity contribution in [1.29, 1.82) is 0 Å². The third kappa shape index (κ3) is 13.1. The van der Waals surface area contributed by atoms with Gasteiger partial charge in [0, 0.05) is 12.1 Å². The molecule has 0 radical (unpaired) electrons. The number of nitrogens with one attached hydrogen (secondary N) is 2. The zero-order valence-electron chi connectivity index (χ0n) is 34.4. The second kappa shape index (κ2) is 22.0. The van der Waals surface area contributed by atoms with Crippen molar-refractivity contribution in [2.75, 3.05) is 19.8 Å². The zero-order valence-corrected chi connectivity index (χ0v) is 34.4. The average molecular weight is 801 g/mol. The summed E-state index contributed by atoms with van der Waals surface area (Å²) in [5.41, 5.74) is 3.24. The number of carbonyl (C=O) groups is 5. The van der Waals surface area contributed by atoms with Gasteiger partial charge in [-0.25, -0.2) is 0 Å². The first-order valence-electron chi connectivity index (χ1n) is 23.1. The summed E-state index contributed by atoms with van der Waals surface area (Å²) in [6.07, 6.45) is 23.4. The lowest BCUT2D eigenvalue weighted by atomic mass is 9.73. The lowest BCUT2D eigenvalue weighted by Gasteiger charge is -2.36. The van der Waals surface area contributed by atoms with Crippen LogP contribution in [0.25, 0.3) is 0 Å². The van der Waals surface area contributed by atoms with E-state index in [1.165, 1.54) is 44.9 Å². The van der Waals surface area contributed by atoms with Crippen LogP contribution in [0.5, 0.6) is 0 Å². The van der Waals surface area contributed by atoms with Crippen LogP contribution in [0.4, 0.5) is 0 Å². The van der Waals surface area contributed by atoms with E-state index in [2.05, 4.69) is 10.8 Å². The topological polar surface area (TPSA) is 178 Å². The highest BCUT2D eigenvalue weighted by Crippen LogP contribution is 2.39.